The standard InChI is InChI=1S/C17H16N4O4/c1-3-25-17(24)9(2)11-13-12(16(23)19-15(11)22)14(18)21(20-13)10-7-5-4-6-8-10/h4-8,18,23H,3H2,1-2H3,(H,19,22)/b11-9-,18-14?. The summed E-state index contributed by atoms with van der Waals surface area (Å²) < 4.78 is 4.94. The van der Waals surface area contributed by atoms with Gasteiger partial charge in [0.25, 0.3) is 5.56 Å². The number of hydrogen-bond acceptors (Lipinski definition) is 6. The van der Waals surface area contributed by atoms with E-state index in [2.05, 4.69) is 10.1 Å². The van der Waals surface area contributed by atoms with Gasteiger partial charge in [-0.2, -0.15) is 5.10 Å². The molecule has 0 fully saturated rings. The van der Waals surface area contributed by atoms with E-state index in [0.717, 1.165) is 0 Å². The lowest BCUT2D eigenvalue weighted by Crippen LogP contribution is -2.44. The summed E-state index contributed by atoms with van der Waals surface area (Å²) >= 11 is 0. The van der Waals surface area contributed by atoms with Crippen LogP contribution >= 0.6 is 0 Å². The molecule has 25 heavy (non-hydrogen) atoms. The SMILES string of the molecule is CCOC(=O)/C(C)=c1\c(=O)[nH]c(O)c2c1=NN(c1ccccc1)C2=N. The third kappa shape index (κ3) is 2.67. The number of aromatic amines is 1. The van der Waals surface area contributed by atoms with Gasteiger partial charge in [0.05, 0.1) is 17.5 Å². The maximum atomic E-state index is 12.3. The maximum Gasteiger partial charge on any atom is 0.334 e. The molecule has 3 rings (SSSR count). The second kappa shape index (κ2) is 6.23. The molecule has 0 bridgehead atoms. The van der Waals surface area contributed by atoms with E-state index in [1.54, 1.807) is 31.2 Å². The number of para-hydroxylation sites is 1. The van der Waals surface area contributed by atoms with Crippen molar-refractivity contribution in [3.63, 3.8) is 0 Å². The highest BCUT2D eigenvalue weighted by Gasteiger charge is 2.28. The number of esters is 1. The summed E-state index contributed by atoms with van der Waals surface area (Å²) in [5.74, 6) is -1.22. The van der Waals surface area contributed by atoms with Crippen molar-refractivity contribution in [2.45, 2.75) is 13.8 Å². The normalized spacial score (nSPS) is 14.0. The van der Waals surface area contributed by atoms with Crippen LogP contribution in [0.1, 0.15) is 19.4 Å². The zero-order valence-electron chi connectivity index (χ0n) is 13.7. The summed E-state index contributed by atoms with van der Waals surface area (Å²) in [5.41, 5.74) is 0.0384. The number of fused-ring (bicyclic) bond motifs is 1. The Balaban J connectivity index is 2.33. The van der Waals surface area contributed by atoms with Crippen molar-refractivity contribution in [1.82, 2.24) is 4.98 Å². The van der Waals surface area contributed by atoms with E-state index in [1.165, 1.54) is 11.9 Å². The molecular weight excluding hydrogens is 324 g/mol. The zero-order chi connectivity index (χ0) is 18.1. The number of pyridine rings is 1. The number of aromatic nitrogens is 1. The molecule has 3 N–H and O–H groups in total. The van der Waals surface area contributed by atoms with Crippen molar-refractivity contribution in [3.8, 4) is 5.88 Å². The van der Waals surface area contributed by atoms with Gasteiger partial charge in [-0.15, -0.1) is 0 Å². The lowest BCUT2D eigenvalue weighted by molar-refractivity contribution is -0.136. The van der Waals surface area contributed by atoms with E-state index in [9.17, 15) is 14.7 Å². The highest BCUT2D eigenvalue weighted by molar-refractivity contribution is 6.12. The predicted octanol–water partition coefficient (Wildman–Crippen LogP) is 0.194. The van der Waals surface area contributed by atoms with Gasteiger partial charge >= 0.3 is 5.97 Å². The van der Waals surface area contributed by atoms with Crippen LogP contribution in [0.3, 0.4) is 0 Å². The molecule has 0 unspecified atom stereocenters. The fraction of sp³-hybridized carbons (Fsp3) is 0.176. The Bertz CT molecular complexity index is 1040. The number of rotatable bonds is 3. The minimum atomic E-state index is -0.673. The van der Waals surface area contributed by atoms with E-state index < -0.39 is 17.4 Å². The molecule has 0 aliphatic carbocycles. The Labute approximate surface area is 142 Å². The molecule has 2 aromatic rings. The summed E-state index contributed by atoms with van der Waals surface area (Å²) in [5, 5.41) is 24.0. The molecule has 8 nitrogen and oxygen atoms in total. The van der Waals surface area contributed by atoms with Crippen LogP contribution in [0.4, 0.5) is 5.69 Å². The summed E-state index contributed by atoms with van der Waals surface area (Å²) in [6, 6.07) is 8.86. The van der Waals surface area contributed by atoms with Crippen LogP contribution in [0.25, 0.3) is 5.57 Å². The number of aromatic hydroxyl groups is 1. The highest BCUT2D eigenvalue weighted by Crippen LogP contribution is 2.21. The van der Waals surface area contributed by atoms with E-state index in [4.69, 9.17) is 10.1 Å². The number of nitrogens with one attached hydrogen (secondary N) is 2. The molecular formula is C17H16N4O4. The van der Waals surface area contributed by atoms with E-state index in [-0.39, 0.29) is 34.2 Å². The number of amidine groups is 1. The molecule has 1 aliphatic rings. The van der Waals surface area contributed by atoms with Crippen molar-refractivity contribution in [2.24, 2.45) is 5.10 Å². The first-order valence-electron chi connectivity index (χ1n) is 7.61. The Morgan fingerprint density at radius 2 is 2.04 bits per heavy atom. The number of carbonyl (C=O) groups is 1. The Hall–Kier alpha value is -3.42. The van der Waals surface area contributed by atoms with Gasteiger partial charge in [-0.1, -0.05) is 18.2 Å². The van der Waals surface area contributed by atoms with E-state index in [0.29, 0.717) is 5.69 Å². The van der Waals surface area contributed by atoms with Gasteiger partial charge < -0.3 is 9.84 Å². The van der Waals surface area contributed by atoms with Gasteiger partial charge in [0.15, 0.2) is 5.84 Å². The average molecular weight is 340 g/mol. The molecule has 8 heteroatoms. The smallest absolute Gasteiger partial charge is 0.334 e. The summed E-state index contributed by atoms with van der Waals surface area (Å²) in [6.45, 7) is 3.27. The number of benzene rings is 1. The summed E-state index contributed by atoms with van der Waals surface area (Å²) in [6.07, 6.45) is 0. The van der Waals surface area contributed by atoms with Gasteiger partial charge in [-0.25, -0.2) is 9.80 Å². The second-order valence-corrected chi connectivity index (χ2v) is 5.34. The molecule has 0 spiro atoms. The van der Waals surface area contributed by atoms with Crippen LogP contribution in [0.5, 0.6) is 5.88 Å². The lowest BCUT2D eigenvalue weighted by Gasteiger charge is -2.13. The summed E-state index contributed by atoms with van der Waals surface area (Å²) in [7, 11) is 0. The van der Waals surface area contributed by atoms with E-state index in [1.807, 2.05) is 6.07 Å². The van der Waals surface area contributed by atoms with Gasteiger partial charge in [-0.3, -0.25) is 15.2 Å². The van der Waals surface area contributed by atoms with Crippen molar-refractivity contribution in [3.05, 3.63) is 56.8 Å². The van der Waals surface area contributed by atoms with Crippen LogP contribution in [0.15, 0.2) is 40.2 Å². The first-order valence-corrected chi connectivity index (χ1v) is 7.61. The third-order valence-corrected chi connectivity index (χ3v) is 3.78. The number of hydrogen-bond donors (Lipinski definition) is 3. The average Bonchev–Trinajstić information content (AvgIpc) is 2.93. The van der Waals surface area contributed by atoms with Gasteiger partial charge in [0.2, 0.25) is 5.88 Å². The Morgan fingerprint density at radius 3 is 2.68 bits per heavy atom. The molecule has 1 aromatic heterocycles. The number of carbonyl (C=O) groups excluding carboxylic acids is 1. The van der Waals surface area contributed by atoms with Crippen molar-refractivity contribution in [2.75, 3.05) is 11.6 Å². The van der Waals surface area contributed by atoms with Gasteiger partial charge in [0, 0.05) is 5.57 Å². The minimum absolute atomic E-state index is 0.0190. The number of H-pyrrole nitrogens is 1. The predicted molar refractivity (Wildman–Crippen MR) is 91.0 cm³/mol. The monoisotopic (exact) mass is 340 g/mol. The van der Waals surface area contributed by atoms with Crippen LogP contribution in [0.2, 0.25) is 0 Å². The van der Waals surface area contributed by atoms with Crippen LogP contribution in [0, 0.1) is 5.41 Å². The van der Waals surface area contributed by atoms with Gasteiger partial charge in [0.1, 0.15) is 10.9 Å². The highest BCUT2D eigenvalue weighted by atomic mass is 16.5. The fourth-order valence-corrected chi connectivity index (χ4v) is 2.60. The molecule has 0 amide bonds. The molecule has 128 valence electrons. The molecule has 0 atom stereocenters. The Morgan fingerprint density at radius 1 is 1.36 bits per heavy atom. The molecule has 0 radical (unpaired) electrons. The molecule has 0 saturated carbocycles. The molecule has 2 heterocycles. The fourth-order valence-electron chi connectivity index (χ4n) is 2.60. The minimum Gasteiger partial charge on any atom is -0.494 e. The largest absolute Gasteiger partial charge is 0.494 e. The van der Waals surface area contributed by atoms with Gasteiger partial charge in [-0.05, 0) is 26.0 Å². The molecule has 1 aliphatic heterocycles. The van der Waals surface area contributed by atoms with Crippen LogP contribution in [-0.2, 0) is 9.53 Å². The number of ether oxygens (including phenoxy) is 1. The third-order valence-electron chi connectivity index (χ3n) is 3.78. The first-order chi connectivity index (χ1) is 12.0. The topological polar surface area (TPSA) is 119 Å². The molecule has 0 saturated heterocycles. The second-order valence-electron chi connectivity index (χ2n) is 5.34. The Kier molecular flexibility index (Phi) is 4.10. The lowest BCUT2D eigenvalue weighted by atomic mass is 10.1. The van der Waals surface area contributed by atoms with Crippen LogP contribution < -0.4 is 21.1 Å². The quantitative estimate of drug-likeness (QED) is 0.690. The zero-order valence-corrected chi connectivity index (χ0v) is 13.7. The summed E-state index contributed by atoms with van der Waals surface area (Å²) in [4.78, 5) is 26.6. The number of anilines is 1. The maximum absolute atomic E-state index is 12.3. The van der Waals surface area contributed by atoms with Crippen molar-refractivity contribution < 1.29 is 14.6 Å². The van der Waals surface area contributed by atoms with Crippen LogP contribution in [-0.4, -0.2) is 28.5 Å². The first kappa shape index (κ1) is 16.4. The number of nitrogens with zero attached hydrogens (tertiary/aromatic N) is 2. The van der Waals surface area contributed by atoms with Crippen molar-refractivity contribution in [1.29, 1.82) is 5.41 Å². The van der Waals surface area contributed by atoms with E-state index >= 15 is 0 Å². The van der Waals surface area contributed by atoms with Crippen molar-refractivity contribution >= 4 is 23.1 Å². The molecule has 1 aromatic carbocycles.